The second kappa shape index (κ2) is 7.80. The number of nitrogens with zero attached hydrogens (tertiary/aromatic N) is 1. The lowest BCUT2D eigenvalue weighted by atomic mass is 10.1. The lowest BCUT2D eigenvalue weighted by molar-refractivity contribution is 0.102. The monoisotopic (exact) mass is 365 g/mol. The number of carbonyl (C=O) groups is 2. The van der Waals surface area contributed by atoms with Gasteiger partial charge in [0.15, 0.2) is 0 Å². The van der Waals surface area contributed by atoms with Crippen molar-refractivity contribution >= 4 is 34.8 Å². The van der Waals surface area contributed by atoms with E-state index < -0.39 is 5.91 Å². The Morgan fingerprint density at radius 1 is 0.885 bits per heavy atom. The quantitative estimate of drug-likeness (QED) is 0.712. The number of aromatic nitrogens is 1. The maximum absolute atomic E-state index is 12.4. The molecule has 26 heavy (non-hydrogen) atoms. The van der Waals surface area contributed by atoms with Crippen molar-refractivity contribution in [1.29, 1.82) is 0 Å². The van der Waals surface area contributed by atoms with Gasteiger partial charge in [0.25, 0.3) is 11.8 Å². The molecule has 0 bridgehead atoms. The van der Waals surface area contributed by atoms with E-state index in [4.69, 9.17) is 11.6 Å². The van der Waals surface area contributed by atoms with Crippen LogP contribution in [0.5, 0.6) is 0 Å². The number of rotatable bonds is 4. The van der Waals surface area contributed by atoms with Gasteiger partial charge in [0.1, 0.15) is 0 Å². The molecule has 1 heterocycles. The Hall–Kier alpha value is -3.18. The number of anilines is 2. The van der Waals surface area contributed by atoms with Crippen LogP contribution in [-0.4, -0.2) is 16.8 Å². The second-order valence-corrected chi connectivity index (χ2v) is 6.12. The summed E-state index contributed by atoms with van der Waals surface area (Å²) in [5.74, 6) is -0.732. The fraction of sp³-hybridized carbons (Fsp3) is 0.0500. The molecule has 0 spiro atoms. The van der Waals surface area contributed by atoms with Gasteiger partial charge < -0.3 is 10.6 Å². The van der Waals surface area contributed by atoms with E-state index >= 15 is 0 Å². The number of nitrogens with one attached hydrogen (secondary N) is 2. The number of amides is 2. The minimum atomic E-state index is -0.393. The summed E-state index contributed by atoms with van der Waals surface area (Å²) in [7, 11) is 0. The van der Waals surface area contributed by atoms with E-state index in [1.807, 2.05) is 31.2 Å². The first-order valence-corrected chi connectivity index (χ1v) is 8.30. The standard InChI is InChI=1S/C20H16ClN3O2/c1-13-6-8-16(9-7-13)23-19(25)14-10-15(12-22-11-14)20(26)24-18-5-3-2-4-17(18)21/h2-12H,1H3,(H,23,25)(H,24,26). The molecule has 0 unspecified atom stereocenters. The summed E-state index contributed by atoms with van der Waals surface area (Å²) in [6.07, 6.45) is 2.81. The summed E-state index contributed by atoms with van der Waals surface area (Å²) in [5, 5.41) is 5.92. The van der Waals surface area contributed by atoms with Crippen LogP contribution in [0.3, 0.4) is 0 Å². The zero-order chi connectivity index (χ0) is 18.5. The summed E-state index contributed by atoms with van der Waals surface area (Å²) in [4.78, 5) is 28.8. The smallest absolute Gasteiger partial charge is 0.257 e. The number of para-hydroxylation sites is 1. The zero-order valence-electron chi connectivity index (χ0n) is 14.0. The number of benzene rings is 2. The minimum absolute atomic E-state index is 0.265. The van der Waals surface area contributed by atoms with Gasteiger partial charge in [-0.3, -0.25) is 14.6 Å². The van der Waals surface area contributed by atoms with Gasteiger partial charge in [-0.2, -0.15) is 0 Å². The predicted molar refractivity (Wildman–Crippen MR) is 103 cm³/mol. The zero-order valence-corrected chi connectivity index (χ0v) is 14.7. The molecule has 6 heteroatoms. The third kappa shape index (κ3) is 4.26. The van der Waals surface area contributed by atoms with Crippen LogP contribution in [0.1, 0.15) is 26.3 Å². The molecule has 3 aromatic rings. The van der Waals surface area contributed by atoms with E-state index in [-0.39, 0.29) is 17.0 Å². The lowest BCUT2D eigenvalue weighted by Gasteiger charge is -2.09. The van der Waals surface area contributed by atoms with Crippen molar-refractivity contribution < 1.29 is 9.59 Å². The molecule has 2 N–H and O–H groups in total. The van der Waals surface area contributed by atoms with Gasteiger partial charge in [-0.1, -0.05) is 41.4 Å². The molecule has 0 saturated carbocycles. The highest BCUT2D eigenvalue weighted by atomic mass is 35.5. The van der Waals surface area contributed by atoms with Crippen molar-refractivity contribution in [3.8, 4) is 0 Å². The number of pyridine rings is 1. The first-order chi connectivity index (χ1) is 12.5. The second-order valence-electron chi connectivity index (χ2n) is 5.72. The molecule has 0 aliphatic carbocycles. The van der Waals surface area contributed by atoms with E-state index in [1.54, 1.807) is 24.3 Å². The molecule has 1 aromatic heterocycles. The van der Waals surface area contributed by atoms with Crippen molar-refractivity contribution in [2.75, 3.05) is 10.6 Å². The van der Waals surface area contributed by atoms with Crippen LogP contribution in [0, 0.1) is 6.92 Å². The third-order valence-corrected chi connectivity index (χ3v) is 4.02. The molecule has 0 aliphatic heterocycles. The molecule has 0 atom stereocenters. The molecular formula is C20H16ClN3O2. The molecular weight excluding hydrogens is 350 g/mol. The first kappa shape index (κ1) is 17.6. The van der Waals surface area contributed by atoms with Gasteiger partial charge in [-0.15, -0.1) is 0 Å². The Morgan fingerprint density at radius 2 is 1.50 bits per heavy atom. The minimum Gasteiger partial charge on any atom is -0.322 e. The Balaban J connectivity index is 1.75. The third-order valence-electron chi connectivity index (χ3n) is 3.69. The Bertz CT molecular complexity index is 955. The van der Waals surface area contributed by atoms with E-state index in [1.165, 1.54) is 18.5 Å². The van der Waals surface area contributed by atoms with E-state index in [9.17, 15) is 9.59 Å². The molecule has 2 aromatic carbocycles. The number of carbonyl (C=O) groups excluding carboxylic acids is 2. The van der Waals surface area contributed by atoms with Gasteiger partial charge in [-0.25, -0.2) is 0 Å². The first-order valence-electron chi connectivity index (χ1n) is 7.92. The summed E-state index contributed by atoms with van der Waals surface area (Å²) in [6, 6.07) is 15.8. The number of hydrogen-bond donors (Lipinski definition) is 2. The van der Waals surface area contributed by atoms with Crippen molar-refractivity contribution in [1.82, 2.24) is 4.98 Å². The predicted octanol–water partition coefficient (Wildman–Crippen LogP) is 4.55. The van der Waals surface area contributed by atoms with Crippen LogP contribution in [0.2, 0.25) is 5.02 Å². The van der Waals surface area contributed by atoms with Gasteiger partial charge in [0.2, 0.25) is 0 Å². The molecule has 0 aliphatic rings. The normalized spacial score (nSPS) is 10.2. The number of halogens is 1. The van der Waals surface area contributed by atoms with Crippen molar-refractivity contribution in [2.24, 2.45) is 0 Å². The average molecular weight is 366 g/mol. The van der Waals surface area contributed by atoms with Gasteiger partial charge in [-0.05, 0) is 37.3 Å². The molecule has 5 nitrogen and oxygen atoms in total. The van der Waals surface area contributed by atoms with Gasteiger partial charge >= 0.3 is 0 Å². The van der Waals surface area contributed by atoms with Crippen LogP contribution in [0.25, 0.3) is 0 Å². The van der Waals surface area contributed by atoms with Crippen molar-refractivity contribution in [3.63, 3.8) is 0 Å². The topological polar surface area (TPSA) is 71.1 Å². The molecule has 3 rings (SSSR count). The Kier molecular flexibility index (Phi) is 5.29. The van der Waals surface area contributed by atoms with Gasteiger partial charge in [0, 0.05) is 18.1 Å². The summed E-state index contributed by atoms with van der Waals surface area (Å²) in [6.45, 7) is 1.97. The number of hydrogen-bond acceptors (Lipinski definition) is 3. The fourth-order valence-electron chi connectivity index (χ4n) is 2.29. The largest absolute Gasteiger partial charge is 0.322 e. The average Bonchev–Trinajstić information content (AvgIpc) is 2.65. The fourth-order valence-corrected chi connectivity index (χ4v) is 2.47. The molecule has 0 saturated heterocycles. The SMILES string of the molecule is Cc1ccc(NC(=O)c2cncc(C(=O)Nc3ccccc3Cl)c2)cc1. The maximum Gasteiger partial charge on any atom is 0.257 e. The van der Waals surface area contributed by atoms with E-state index in [2.05, 4.69) is 15.6 Å². The summed E-state index contributed by atoms with van der Waals surface area (Å²) >= 11 is 6.04. The van der Waals surface area contributed by atoms with Crippen LogP contribution in [0.4, 0.5) is 11.4 Å². The van der Waals surface area contributed by atoms with Crippen LogP contribution in [-0.2, 0) is 0 Å². The van der Waals surface area contributed by atoms with E-state index in [0.717, 1.165) is 5.56 Å². The highest BCUT2D eigenvalue weighted by molar-refractivity contribution is 6.33. The van der Waals surface area contributed by atoms with E-state index in [0.29, 0.717) is 16.4 Å². The van der Waals surface area contributed by atoms with Gasteiger partial charge in [0.05, 0.1) is 21.8 Å². The summed E-state index contributed by atoms with van der Waals surface area (Å²) in [5.41, 5.74) is 2.82. The lowest BCUT2D eigenvalue weighted by Crippen LogP contribution is -2.16. The van der Waals surface area contributed by atoms with Crippen molar-refractivity contribution in [2.45, 2.75) is 6.92 Å². The highest BCUT2D eigenvalue weighted by Gasteiger charge is 2.13. The van der Waals surface area contributed by atoms with Crippen LogP contribution in [0.15, 0.2) is 67.0 Å². The Labute approximate surface area is 156 Å². The van der Waals surface area contributed by atoms with Crippen LogP contribution >= 0.6 is 11.6 Å². The molecule has 2 amide bonds. The summed E-state index contributed by atoms with van der Waals surface area (Å²) < 4.78 is 0. The molecule has 130 valence electrons. The highest BCUT2D eigenvalue weighted by Crippen LogP contribution is 2.21. The Morgan fingerprint density at radius 3 is 2.15 bits per heavy atom. The molecule has 0 radical (unpaired) electrons. The molecule has 0 fully saturated rings. The maximum atomic E-state index is 12.4. The number of aryl methyl sites for hydroxylation is 1. The van der Waals surface area contributed by atoms with Crippen molar-refractivity contribution in [3.05, 3.63) is 88.7 Å². The van der Waals surface area contributed by atoms with Crippen LogP contribution < -0.4 is 10.6 Å².